The van der Waals surface area contributed by atoms with E-state index in [-0.39, 0.29) is 32.0 Å². The highest BCUT2D eigenvalue weighted by Gasteiger charge is 2.41. The number of benzene rings is 2. The fourth-order valence-corrected chi connectivity index (χ4v) is 5.38. The zero-order chi connectivity index (χ0) is 37.1. The molecule has 1 aliphatic heterocycles. The summed E-state index contributed by atoms with van der Waals surface area (Å²) in [6, 6.07) is 14.1. The molecule has 3 rings (SSSR count). The summed E-state index contributed by atoms with van der Waals surface area (Å²) >= 11 is 0. The molecule has 0 aliphatic carbocycles. The van der Waals surface area contributed by atoms with Crippen molar-refractivity contribution in [2.75, 3.05) is 13.1 Å². The highest BCUT2D eigenvalue weighted by molar-refractivity contribution is 5.93. The SMILES string of the molecule is CC(C)(CNC(=O)C(C)(C)C)NC(=O)[C@@H]1CCCN1C(=O)[C@@H](O)[C@H](Cc1ccccc1)NC(=O)[C@H](CC(N)=O)NC(=O)OCc1ccccc1. The number of nitrogens with two attached hydrogens (primary N) is 1. The molecule has 1 fully saturated rings. The average Bonchev–Trinajstić information content (AvgIpc) is 3.55. The quantitative estimate of drug-likeness (QED) is 0.160. The Labute approximate surface area is 292 Å². The predicted octanol–water partition coefficient (Wildman–Crippen LogP) is 1.29. The summed E-state index contributed by atoms with van der Waals surface area (Å²) in [4.78, 5) is 78.9. The van der Waals surface area contributed by atoms with E-state index in [0.29, 0.717) is 24.0 Å². The van der Waals surface area contributed by atoms with Gasteiger partial charge in [-0.2, -0.15) is 0 Å². The summed E-state index contributed by atoms with van der Waals surface area (Å²) < 4.78 is 5.20. The van der Waals surface area contributed by atoms with Crippen LogP contribution in [0.2, 0.25) is 0 Å². The second-order valence-electron chi connectivity index (χ2n) is 14.2. The first-order valence-electron chi connectivity index (χ1n) is 16.7. The highest BCUT2D eigenvalue weighted by atomic mass is 16.5. The standard InChI is InChI=1S/C36H50N6O8/c1-35(2,3)33(48)38-22-36(4,5)41-31(46)27-17-12-18-42(27)32(47)29(44)25(19-23-13-8-6-9-14-23)39-30(45)26(20-28(37)43)40-34(49)50-21-24-15-10-7-11-16-24/h6-11,13-16,25-27,29,44H,12,17-22H2,1-5H3,(H2,37,43)(H,38,48)(H,39,45)(H,40,49)(H,41,46)/t25-,26-,27-,29-/m0/s1. The molecule has 1 aliphatic rings. The molecule has 4 atom stereocenters. The number of hydrogen-bond acceptors (Lipinski definition) is 8. The Hall–Kier alpha value is -4.98. The Balaban J connectivity index is 1.74. The normalized spacial score (nSPS) is 16.4. The molecular weight excluding hydrogens is 644 g/mol. The van der Waals surface area contributed by atoms with Crippen LogP contribution in [-0.4, -0.2) is 88.5 Å². The number of primary amides is 1. The number of nitrogens with zero attached hydrogens (tertiary/aromatic N) is 1. The third-order valence-electron chi connectivity index (χ3n) is 8.16. The van der Waals surface area contributed by atoms with Crippen LogP contribution in [0, 0.1) is 5.41 Å². The van der Waals surface area contributed by atoms with E-state index in [4.69, 9.17) is 10.5 Å². The van der Waals surface area contributed by atoms with Gasteiger partial charge in [0.2, 0.25) is 23.6 Å². The van der Waals surface area contributed by atoms with Crippen molar-refractivity contribution in [2.24, 2.45) is 11.1 Å². The Morgan fingerprint density at radius 2 is 1.52 bits per heavy atom. The molecule has 0 saturated carbocycles. The maximum Gasteiger partial charge on any atom is 0.408 e. The number of ether oxygens (including phenoxy) is 1. The Morgan fingerprint density at radius 3 is 2.10 bits per heavy atom. The van der Waals surface area contributed by atoms with Crippen molar-refractivity contribution >= 4 is 35.6 Å². The summed E-state index contributed by atoms with van der Waals surface area (Å²) in [5.74, 6) is -3.14. The minimum Gasteiger partial charge on any atom is -0.445 e. The first-order chi connectivity index (χ1) is 23.5. The molecule has 1 saturated heterocycles. The van der Waals surface area contributed by atoms with Gasteiger partial charge in [0.25, 0.3) is 5.91 Å². The minimum atomic E-state index is -1.80. The van der Waals surface area contributed by atoms with E-state index in [1.807, 2.05) is 0 Å². The number of aliphatic hydroxyl groups is 1. The van der Waals surface area contributed by atoms with Crippen molar-refractivity contribution in [3.05, 3.63) is 71.8 Å². The Morgan fingerprint density at radius 1 is 0.920 bits per heavy atom. The molecule has 0 radical (unpaired) electrons. The number of hydrogen-bond donors (Lipinski definition) is 6. The Bertz CT molecular complexity index is 1490. The fraction of sp³-hybridized carbons (Fsp3) is 0.500. The van der Waals surface area contributed by atoms with Crippen LogP contribution in [0.1, 0.15) is 65.0 Å². The van der Waals surface area contributed by atoms with Gasteiger partial charge in [0.1, 0.15) is 18.7 Å². The largest absolute Gasteiger partial charge is 0.445 e. The summed E-state index contributed by atoms with van der Waals surface area (Å²) in [5.41, 5.74) is 5.30. The number of amides is 6. The number of alkyl carbamates (subject to hydrolysis) is 1. The zero-order valence-corrected chi connectivity index (χ0v) is 29.4. The zero-order valence-electron chi connectivity index (χ0n) is 29.4. The molecule has 2 aromatic rings. The lowest BCUT2D eigenvalue weighted by molar-refractivity contribution is -0.147. The van der Waals surface area contributed by atoms with Crippen molar-refractivity contribution in [1.29, 1.82) is 0 Å². The number of aliphatic hydroxyl groups excluding tert-OH is 1. The topological polar surface area (TPSA) is 209 Å². The number of rotatable bonds is 15. The summed E-state index contributed by atoms with van der Waals surface area (Å²) in [7, 11) is 0. The van der Waals surface area contributed by atoms with Gasteiger partial charge in [0, 0.05) is 18.5 Å². The van der Waals surface area contributed by atoms with E-state index in [2.05, 4.69) is 21.3 Å². The van der Waals surface area contributed by atoms with Crippen LogP contribution in [0.25, 0.3) is 0 Å². The lowest BCUT2D eigenvalue weighted by atomic mass is 9.95. The summed E-state index contributed by atoms with van der Waals surface area (Å²) in [6.45, 7) is 9.12. The van der Waals surface area contributed by atoms with Gasteiger partial charge in [-0.05, 0) is 44.2 Å². The van der Waals surface area contributed by atoms with Crippen LogP contribution in [0.5, 0.6) is 0 Å². The van der Waals surface area contributed by atoms with E-state index in [0.717, 1.165) is 0 Å². The minimum absolute atomic E-state index is 0.00639. The summed E-state index contributed by atoms with van der Waals surface area (Å²) in [5, 5.41) is 22.2. The number of carbonyl (C=O) groups is 6. The second-order valence-corrected chi connectivity index (χ2v) is 14.2. The smallest absolute Gasteiger partial charge is 0.408 e. The molecule has 14 heteroatoms. The molecule has 0 bridgehead atoms. The van der Waals surface area contributed by atoms with Crippen LogP contribution in [0.15, 0.2) is 60.7 Å². The van der Waals surface area contributed by atoms with Crippen LogP contribution in [0.4, 0.5) is 4.79 Å². The van der Waals surface area contributed by atoms with Crippen molar-refractivity contribution in [3.8, 4) is 0 Å². The molecule has 272 valence electrons. The number of likely N-dealkylation sites (tertiary alicyclic amines) is 1. The third-order valence-corrected chi connectivity index (χ3v) is 8.16. The molecule has 0 aromatic heterocycles. The van der Waals surface area contributed by atoms with E-state index in [9.17, 15) is 33.9 Å². The van der Waals surface area contributed by atoms with E-state index in [1.54, 1.807) is 95.3 Å². The van der Waals surface area contributed by atoms with Gasteiger partial charge in [-0.3, -0.25) is 24.0 Å². The molecule has 0 spiro atoms. The van der Waals surface area contributed by atoms with Gasteiger partial charge >= 0.3 is 6.09 Å². The second kappa shape index (κ2) is 17.6. The molecule has 14 nitrogen and oxygen atoms in total. The maximum atomic E-state index is 13.8. The molecule has 0 unspecified atom stereocenters. The van der Waals surface area contributed by atoms with E-state index >= 15 is 0 Å². The van der Waals surface area contributed by atoms with Gasteiger partial charge in [0.05, 0.1) is 18.0 Å². The molecule has 1 heterocycles. The van der Waals surface area contributed by atoms with Crippen LogP contribution in [-0.2, 0) is 41.7 Å². The van der Waals surface area contributed by atoms with Gasteiger partial charge in [-0.1, -0.05) is 81.4 Å². The van der Waals surface area contributed by atoms with Crippen molar-refractivity contribution in [2.45, 2.75) is 96.7 Å². The molecule has 6 amide bonds. The molecular formula is C36H50N6O8. The third kappa shape index (κ3) is 12.2. The molecule has 7 N–H and O–H groups in total. The van der Waals surface area contributed by atoms with E-state index in [1.165, 1.54) is 4.90 Å². The monoisotopic (exact) mass is 694 g/mol. The Kier molecular flexibility index (Phi) is 13.9. The van der Waals surface area contributed by atoms with Gasteiger partial charge in [0.15, 0.2) is 6.10 Å². The van der Waals surface area contributed by atoms with Crippen molar-refractivity contribution in [1.82, 2.24) is 26.2 Å². The first kappa shape index (κ1) is 39.5. The lowest BCUT2D eigenvalue weighted by Crippen LogP contribution is -2.60. The van der Waals surface area contributed by atoms with Crippen molar-refractivity contribution < 1.29 is 38.6 Å². The van der Waals surface area contributed by atoms with Gasteiger partial charge in [-0.25, -0.2) is 4.79 Å². The van der Waals surface area contributed by atoms with Crippen molar-refractivity contribution in [3.63, 3.8) is 0 Å². The number of nitrogens with one attached hydrogen (secondary N) is 4. The fourth-order valence-electron chi connectivity index (χ4n) is 5.38. The molecule has 50 heavy (non-hydrogen) atoms. The highest BCUT2D eigenvalue weighted by Crippen LogP contribution is 2.22. The maximum absolute atomic E-state index is 13.8. The molecule has 2 aromatic carbocycles. The van der Waals surface area contributed by atoms with Crippen LogP contribution < -0.4 is 27.0 Å². The lowest BCUT2D eigenvalue weighted by Gasteiger charge is -2.34. The first-order valence-corrected chi connectivity index (χ1v) is 16.7. The average molecular weight is 695 g/mol. The van der Waals surface area contributed by atoms with Crippen LogP contribution in [0.3, 0.4) is 0 Å². The predicted molar refractivity (Wildman–Crippen MR) is 185 cm³/mol. The summed E-state index contributed by atoms with van der Waals surface area (Å²) in [6.07, 6.45) is -2.49. The van der Waals surface area contributed by atoms with Crippen LogP contribution >= 0.6 is 0 Å². The van der Waals surface area contributed by atoms with E-state index < -0.39 is 71.3 Å². The van der Waals surface area contributed by atoms with Gasteiger partial charge < -0.3 is 41.7 Å². The van der Waals surface area contributed by atoms with Gasteiger partial charge in [-0.15, -0.1) is 0 Å². The number of carbonyl (C=O) groups excluding carboxylic acids is 6.